The molecule has 15 heavy (non-hydrogen) atoms. The van der Waals surface area contributed by atoms with E-state index in [0.29, 0.717) is 0 Å². The van der Waals surface area contributed by atoms with Crippen molar-refractivity contribution in [1.82, 2.24) is 5.32 Å². The number of carboxylic acids is 1. The number of carboxylic acid groups (broad SMARTS) is 1. The Balaban J connectivity index is 2.75. The molecular weight excluding hydrogens is 192 g/mol. The average Bonchev–Trinajstić information content (AvgIpc) is 2.19. The molecular formula is C11H16N2O2. The first-order valence-corrected chi connectivity index (χ1v) is 4.84. The highest BCUT2D eigenvalue weighted by Gasteiger charge is 2.19. The molecule has 1 rings (SSSR count). The number of benzene rings is 1. The topological polar surface area (TPSA) is 75.3 Å². The van der Waals surface area contributed by atoms with E-state index >= 15 is 0 Å². The summed E-state index contributed by atoms with van der Waals surface area (Å²) in [6.45, 7) is 0. The van der Waals surface area contributed by atoms with Crippen LogP contribution in [0.2, 0.25) is 0 Å². The predicted molar refractivity (Wildman–Crippen MR) is 58.5 cm³/mol. The summed E-state index contributed by atoms with van der Waals surface area (Å²) in [5.41, 5.74) is 6.83. The summed E-state index contributed by atoms with van der Waals surface area (Å²) < 4.78 is 0. The molecule has 0 aromatic heterocycles. The minimum absolute atomic E-state index is 0.0413. The number of carbonyl (C=O) groups is 1. The van der Waals surface area contributed by atoms with Crippen LogP contribution in [-0.2, 0) is 4.79 Å². The van der Waals surface area contributed by atoms with Gasteiger partial charge in [0.05, 0.1) is 6.42 Å². The van der Waals surface area contributed by atoms with Crippen LogP contribution in [0.4, 0.5) is 0 Å². The Morgan fingerprint density at radius 2 is 2.07 bits per heavy atom. The van der Waals surface area contributed by atoms with Gasteiger partial charge in [0.1, 0.15) is 0 Å². The highest BCUT2D eigenvalue weighted by molar-refractivity contribution is 5.67. The molecule has 2 atom stereocenters. The molecule has 0 bridgehead atoms. The zero-order valence-electron chi connectivity index (χ0n) is 8.68. The molecule has 0 saturated heterocycles. The number of hydrogen-bond acceptors (Lipinski definition) is 3. The van der Waals surface area contributed by atoms with Crippen LogP contribution in [0.1, 0.15) is 18.0 Å². The van der Waals surface area contributed by atoms with Gasteiger partial charge in [-0.2, -0.15) is 0 Å². The summed E-state index contributed by atoms with van der Waals surface area (Å²) in [6.07, 6.45) is -0.0413. The normalized spacial score (nSPS) is 14.5. The van der Waals surface area contributed by atoms with Crippen LogP contribution in [0.5, 0.6) is 0 Å². The quantitative estimate of drug-likeness (QED) is 0.667. The number of aliphatic carboxylic acids is 1. The lowest BCUT2D eigenvalue weighted by atomic mass is 9.98. The van der Waals surface area contributed by atoms with Crippen molar-refractivity contribution >= 4 is 5.97 Å². The first-order chi connectivity index (χ1) is 7.15. The Morgan fingerprint density at radius 3 is 2.53 bits per heavy atom. The monoisotopic (exact) mass is 208 g/mol. The van der Waals surface area contributed by atoms with Gasteiger partial charge >= 0.3 is 5.97 Å². The van der Waals surface area contributed by atoms with Gasteiger partial charge in [0.15, 0.2) is 0 Å². The SMILES string of the molecule is CNC(c1ccccc1)C(N)CC(=O)O. The summed E-state index contributed by atoms with van der Waals surface area (Å²) in [4.78, 5) is 10.6. The third-order valence-electron chi connectivity index (χ3n) is 2.31. The molecule has 4 heteroatoms. The van der Waals surface area contributed by atoms with Crippen molar-refractivity contribution in [1.29, 1.82) is 0 Å². The van der Waals surface area contributed by atoms with E-state index in [-0.39, 0.29) is 12.5 Å². The minimum atomic E-state index is -0.876. The minimum Gasteiger partial charge on any atom is -0.481 e. The van der Waals surface area contributed by atoms with Crippen molar-refractivity contribution in [2.45, 2.75) is 18.5 Å². The van der Waals surface area contributed by atoms with E-state index in [4.69, 9.17) is 10.8 Å². The average molecular weight is 208 g/mol. The van der Waals surface area contributed by atoms with E-state index < -0.39 is 12.0 Å². The summed E-state index contributed by atoms with van der Waals surface area (Å²) in [5.74, 6) is -0.876. The summed E-state index contributed by atoms with van der Waals surface area (Å²) in [5, 5.41) is 11.7. The molecule has 0 aliphatic carbocycles. The predicted octanol–water partition coefficient (Wildman–Crippen LogP) is 0.749. The Bertz CT molecular complexity index is 314. The smallest absolute Gasteiger partial charge is 0.304 e. The van der Waals surface area contributed by atoms with Gasteiger partial charge in [-0.25, -0.2) is 0 Å². The maximum atomic E-state index is 10.6. The van der Waals surface area contributed by atoms with Crippen molar-refractivity contribution in [3.8, 4) is 0 Å². The zero-order valence-corrected chi connectivity index (χ0v) is 8.68. The second-order valence-electron chi connectivity index (χ2n) is 3.44. The van der Waals surface area contributed by atoms with Crippen molar-refractivity contribution in [2.24, 2.45) is 5.73 Å². The second-order valence-corrected chi connectivity index (χ2v) is 3.44. The molecule has 0 saturated carbocycles. The van der Waals surface area contributed by atoms with Crippen LogP contribution in [0, 0.1) is 0 Å². The van der Waals surface area contributed by atoms with Gasteiger partial charge in [-0.05, 0) is 12.6 Å². The fraction of sp³-hybridized carbons (Fsp3) is 0.364. The van der Waals surface area contributed by atoms with E-state index in [2.05, 4.69) is 5.32 Å². The van der Waals surface area contributed by atoms with Gasteiger partial charge < -0.3 is 16.2 Å². The molecule has 0 heterocycles. The van der Waals surface area contributed by atoms with Crippen molar-refractivity contribution in [2.75, 3.05) is 7.05 Å². The third-order valence-corrected chi connectivity index (χ3v) is 2.31. The maximum absolute atomic E-state index is 10.6. The molecule has 0 spiro atoms. The van der Waals surface area contributed by atoms with E-state index in [0.717, 1.165) is 5.56 Å². The molecule has 0 aliphatic rings. The highest BCUT2D eigenvalue weighted by atomic mass is 16.4. The molecule has 1 aromatic carbocycles. The van der Waals surface area contributed by atoms with Crippen LogP contribution in [0.15, 0.2) is 30.3 Å². The molecule has 2 unspecified atom stereocenters. The third kappa shape index (κ3) is 3.34. The summed E-state index contributed by atoms with van der Waals surface area (Å²) in [6, 6.07) is 9.06. The number of likely N-dealkylation sites (N-methyl/N-ethyl adjacent to an activating group) is 1. The van der Waals surface area contributed by atoms with Crippen LogP contribution in [0.3, 0.4) is 0 Å². The second kappa shape index (κ2) is 5.48. The fourth-order valence-electron chi connectivity index (χ4n) is 1.61. The van der Waals surface area contributed by atoms with Crippen LogP contribution in [-0.4, -0.2) is 24.2 Å². The van der Waals surface area contributed by atoms with Gasteiger partial charge in [-0.3, -0.25) is 4.79 Å². The fourth-order valence-corrected chi connectivity index (χ4v) is 1.61. The van der Waals surface area contributed by atoms with Crippen molar-refractivity contribution in [3.63, 3.8) is 0 Å². The number of nitrogens with one attached hydrogen (secondary N) is 1. The van der Waals surface area contributed by atoms with E-state index in [9.17, 15) is 4.79 Å². The first-order valence-electron chi connectivity index (χ1n) is 4.84. The molecule has 0 amide bonds. The van der Waals surface area contributed by atoms with Crippen molar-refractivity contribution < 1.29 is 9.90 Å². The molecule has 0 aliphatic heterocycles. The van der Waals surface area contributed by atoms with Gasteiger partial charge in [-0.1, -0.05) is 30.3 Å². The molecule has 82 valence electrons. The highest BCUT2D eigenvalue weighted by Crippen LogP contribution is 2.16. The van der Waals surface area contributed by atoms with Crippen LogP contribution < -0.4 is 11.1 Å². The molecule has 0 fully saturated rings. The van der Waals surface area contributed by atoms with E-state index in [1.54, 1.807) is 7.05 Å². The standard InChI is InChI=1S/C11H16N2O2/c1-13-11(9(12)7-10(14)15)8-5-3-2-4-6-8/h2-6,9,11,13H,7,12H2,1H3,(H,14,15). The van der Waals surface area contributed by atoms with Gasteiger partial charge in [0, 0.05) is 12.1 Å². The Kier molecular flexibility index (Phi) is 4.27. The van der Waals surface area contributed by atoms with Crippen LogP contribution in [0.25, 0.3) is 0 Å². The first kappa shape index (κ1) is 11.7. The summed E-state index contributed by atoms with van der Waals surface area (Å²) in [7, 11) is 1.78. The van der Waals surface area contributed by atoms with Crippen LogP contribution >= 0.6 is 0 Å². The van der Waals surface area contributed by atoms with Gasteiger partial charge in [0.2, 0.25) is 0 Å². The lowest BCUT2D eigenvalue weighted by Gasteiger charge is -2.22. The van der Waals surface area contributed by atoms with E-state index in [1.165, 1.54) is 0 Å². The largest absolute Gasteiger partial charge is 0.481 e. The number of nitrogens with two attached hydrogens (primary N) is 1. The Hall–Kier alpha value is -1.39. The Labute approximate surface area is 89.1 Å². The van der Waals surface area contributed by atoms with E-state index in [1.807, 2.05) is 30.3 Å². The lowest BCUT2D eigenvalue weighted by Crippen LogP contribution is -2.37. The maximum Gasteiger partial charge on any atom is 0.304 e. The zero-order chi connectivity index (χ0) is 11.3. The van der Waals surface area contributed by atoms with Gasteiger partial charge in [0.25, 0.3) is 0 Å². The number of hydrogen-bond donors (Lipinski definition) is 3. The van der Waals surface area contributed by atoms with Gasteiger partial charge in [-0.15, -0.1) is 0 Å². The Morgan fingerprint density at radius 1 is 1.47 bits per heavy atom. The molecule has 1 aromatic rings. The molecule has 4 nitrogen and oxygen atoms in total. The molecule has 0 radical (unpaired) electrons. The van der Waals surface area contributed by atoms with Crippen molar-refractivity contribution in [3.05, 3.63) is 35.9 Å². The lowest BCUT2D eigenvalue weighted by molar-refractivity contribution is -0.137. The number of rotatable bonds is 5. The molecule has 4 N–H and O–H groups in total. The summed E-state index contributed by atoms with van der Waals surface area (Å²) >= 11 is 0.